The molecule has 2 rings (SSSR count). The molecule has 0 radical (unpaired) electrons. The molecule has 2 aromatic rings. The monoisotopic (exact) mass is 429 g/mol. The fraction of sp³-hybridized carbons (Fsp3) is 0.250. The van der Waals surface area contributed by atoms with Gasteiger partial charge in [-0.2, -0.15) is 0 Å². The van der Waals surface area contributed by atoms with Crippen LogP contribution in [0.2, 0.25) is 0 Å². The first-order chi connectivity index (χ1) is 14.2. The lowest BCUT2D eigenvalue weighted by atomic mass is 9.96. The normalized spacial score (nSPS) is 13.3. The summed E-state index contributed by atoms with van der Waals surface area (Å²) in [5.74, 6) is -17.0. The van der Waals surface area contributed by atoms with Crippen LogP contribution >= 0.6 is 0 Å². The third-order valence-electron chi connectivity index (χ3n) is 4.05. The highest BCUT2D eigenvalue weighted by atomic mass is 19.2. The van der Waals surface area contributed by atoms with Gasteiger partial charge in [-0.05, 0) is 12.5 Å². The van der Waals surface area contributed by atoms with E-state index in [1.807, 2.05) is 0 Å². The van der Waals surface area contributed by atoms with Gasteiger partial charge in [-0.1, -0.05) is 30.3 Å². The summed E-state index contributed by atoms with van der Waals surface area (Å²) in [6, 6.07) is 7.18. The van der Waals surface area contributed by atoms with Crippen molar-refractivity contribution in [3.63, 3.8) is 0 Å². The van der Waals surface area contributed by atoms with Crippen molar-refractivity contribution in [3.05, 3.63) is 70.5 Å². The second-order valence-corrected chi connectivity index (χ2v) is 5.95. The first kappa shape index (κ1) is 23.1. The molecule has 1 unspecified atom stereocenters. The number of ketones is 1. The maximum atomic E-state index is 14.0. The van der Waals surface area contributed by atoms with E-state index >= 15 is 0 Å². The third kappa shape index (κ3) is 4.70. The molecule has 10 heteroatoms. The smallest absolute Gasteiger partial charge is 0.322 e. The molecule has 0 saturated carbocycles. The average molecular weight is 429 g/mol. The molecule has 0 saturated heterocycles. The largest absolute Gasteiger partial charge is 0.465 e. The number of aliphatic hydroxyl groups is 1. The van der Waals surface area contributed by atoms with Crippen molar-refractivity contribution in [2.45, 2.75) is 13.0 Å². The molecule has 1 N–H and O–H groups in total. The second kappa shape index (κ2) is 10.1. The Balaban J connectivity index is 2.50. The molecular formula is C20H16F5NO4. The summed E-state index contributed by atoms with van der Waals surface area (Å²) in [6.07, 6.45) is 0.659. The Morgan fingerprint density at radius 1 is 1.00 bits per heavy atom. The number of aliphatic imine (C=N–C) groups is 1. The molecule has 0 bridgehead atoms. The van der Waals surface area contributed by atoms with Crippen molar-refractivity contribution in [1.82, 2.24) is 0 Å². The zero-order valence-electron chi connectivity index (χ0n) is 15.5. The number of ether oxygens (including phenoxy) is 1. The van der Waals surface area contributed by atoms with Crippen LogP contribution < -0.4 is 0 Å². The van der Waals surface area contributed by atoms with Crippen molar-refractivity contribution >= 4 is 18.0 Å². The van der Waals surface area contributed by atoms with E-state index in [0.717, 1.165) is 0 Å². The van der Waals surface area contributed by atoms with Gasteiger partial charge in [-0.3, -0.25) is 14.6 Å². The van der Waals surface area contributed by atoms with Gasteiger partial charge in [0.2, 0.25) is 5.82 Å². The predicted molar refractivity (Wildman–Crippen MR) is 95.4 cm³/mol. The molecule has 0 amide bonds. The lowest BCUT2D eigenvalue weighted by Gasteiger charge is -2.14. The number of hydrogen-bond donors (Lipinski definition) is 1. The quantitative estimate of drug-likeness (QED) is 0.132. The second-order valence-electron chi connectivity index (χ2n) is 5.95. The lowest BCUT2D eigenvalue weighted by molar-refractivity contribution is -0.144. The van der Waals surface area contributed by atoms with Crippen LogP contribution in [0.4, 0.5) is 22.0 Å². The van der Waals surface area contributed by atoms with Crippen LogP contribution in [0, 0.1) is 35.0 Å². The highest BCUT2D eigenvalue weighted by Gasteiger charge is 2.36. The maximum absolute atomic E-state index is 14.0. The van der Waals surface area contributed by atoms with Crippen LogP contribution in [-0.2, 0) is 9.53 Å². The number of carbonyl (C=O) groups is 2. The van der Waals surface area contributed by atoms with E-state index in [2.05, 4.69) is 9.73 Å². The summed E-state index contributed by atoms with van der Waals surface area (Å²) >= 11 is 0. The van der Waals surface area contributed by atoms with Crippen LogP contribution in [0.15, 0.2) is 35.3 Å². The summed E-state index contributed by atoms with van der Waals surface area (Å²) in [4.78, 5) is 28.6. The predicted octanol–water partition coefficient (Wildman–Crippen LogP) is 3.55. The van der Waals surface area contributed by atoms with E-state index in [9.17, 15) is 36.6 Å². The molecule has 30 heavy (non-hydrogen) atoms. The Kier molecular flexibility index (Phi) is 7.76. The summed E-state index contributed by atoms with van der Waals surface area (Å²) in [6.45, 7) is 0.609. The van der Waals surface area contributed by atoms with Crippen LogP contribution in [0.3, 0.4) is 0 Å². The molecule has 0 spiro atoms. The molecule has 0 aliphatic heterocycles. The summed E-state index contributed by atoms with van der Waals surface area (Å²) in [7, 11) is 0. The number of aliphatic hydroxyl groups excluding tert-OH is 1. The van der Waals surface area contributed by atoms with Crippen molar-refractivity contribution in [1.29, 1.82) is 0 Å². The number of Topliss-reactive ketones (excluding diaryl/α,β-unsaturated/α-hetero) is 1. The first-order valence-electron chi connectivity index (χ1n) is 8.65. The molecule has 0 fully saturated rings. The number of carbonyl (C=O) groups excluding carboxylic acids is 2. The van der Waals surface area contributed by atoms with E-state index in [1.54, 1.807) is 30.3 Å². The topological polar surface area (TPSA) is 76.0 Å². The van der Waals surface area contributed by atoms with Crippen molar-refractivity contribution in [2.75, 3.05) is 13.2 Å². The van der Waals surface area contributed by atoms with Crippen molar-refractivity contribution < 1.29 is 41.4 Å². The highest BCUT2D eigenvalue weighted by Crippen LogP contribution is 2.26. The van der Waals surface area contributed by atoms with Crippen LogP contribution in [0.25, 0.3) is 0 Å². The number of halogens is 5. The number of rotatable bonds is 8. The first-order valence-corrected chi connectivity index (χ1v) is 8.65. The minimum atomic E-state index is -2.44. The molecule has 0 aliphatic rings. The summed E-state index contributed by atoms with van der Waals surface area (Å²) < 4.78 is 72.9. The Hall–Kier alpha value is -3.14. The van der Waals surface area contributed by atoms with Gasteiger partial charge in [-0.25, -0.2) is 22.0 Å². The number of benzene rings is 2. The molecule has 0 aliphatic carbocycles. The van der Waals surface area contributed by atoms with Gasteiger partial charge in [0.1, 0.15) is 0 Å². The van der Waals surface area contributed by atoms with Crippen molar-refractivity contribution in [3.8, 4) is 0 Å². The van der Waals surface area contributed by atoms with Gasteiger partial charge < -0.3 is 9.84 Å². The molecule has 2 atom stereocenters. The van der Waals surface area contributed by atoms with E-state index < -0.39 is 65.0 Å². The number of hydrogen-bond acceptors (Lipinski definition) is 5. The Bertz CT molecular complexity index is 936. The SMILES string of the molecule is CCOC(=O)C(C=N[C@H](CO)c1ccccc1)C(=O)c1c(F)c(F)c(F)c(F)c1F. The van der Waals surface area contributed by atoms with Crippen LogP contribution in [0.1, 0.15) is 28.9 Å². The molecule has 160 valence electrons. The van der Waals surface area contributed by atoms with Gasteiger partial charge in [0.15, 0.2) is 35.0 Å². The average Bonchev–Trinajstić information content (AvgIpc) is 2.74. The van der Waals surface area contributed by atoms with Crippen LogP contribution in [0.5, 0.6) is 0 Å². The Labute approximate surface area is 167 Å². The standard InChI is InChI=1S/C20H16F5NO4/c1-2-30-20(29)11(8-26-12(9-27)10-6-4-3-5-7-10)19(28)13-14(21)16(23)18(25)17(24)15(13)22/h3-8,11-12,27H,2,9H2,1H3/t11?,12-/m1/s1. The minimum Gasteiger partial charge on any atom is -0.465 e. The maximum Gasteiger partial charge on any atom is 0.322 e. The molecular weight excluding hydrogens is 413 g/mol. The third-order valence-corrected chi connectivity index (χ3v) is 4.05. The lowest BCUT2D eigenvalue weighted by Crippen LogP contribution is -2.30. The van der Waals surface area contributed by atoms with Gasteiger partial charge in [0.05, 0.1) is 24.8 Å². The van der Waals surface area contributed by atoms with E-state index in [-0.39, 0.29) is 6.61 Å². The van der Waals surface area contributed by atoms with Crippen molar-refractivity contribution in [2.24, 2.45) is 10.9 Å². The number of esters is 1. The molecule has 2 aromatic carbocycles. The van der Waals surface area contributed by atoms with E-state index in [0.29, 0.717) is 11.8 Å². The summed E-state index contributed by atoms with van der Waals surface area (Å²) in [5.41, 5.74) is -1.29. The number of nitrogens with zero attached hydrogens (tertiary/aromatic N) is 1. The van der Waals surface area contributed by atoms with Gasteiger partial charge >= 0.3 is 5.97 Å². The van der Waals surface area contributed by atoms with E-state index in [4.69, 9.17) is 0 Å². The molecule has 5 nitrogen and oxygen atoms in total. The fourth-order valence-corrected chi connectivity index (χ4v) is 2.55. The zero-order valence-corrected chi connectivity index (χ0v) is 15.5. The minimum absolute atomic E-state index is 0.227. The Morgan fingerprint density at radius 2 is 1.53 bits per heavy atom. The zero-order chi connectivity index (χ0) is 22.4. The van der Waals surface area contributed by atoms with Crippen LogP contribution in [-0.4, -0.2) is 36.3 Å². The molecule has 0 heterocycles. The molecule has 0 aromatic heterocycles. The van der Waals surface area contributed by atoms with Gasteiger partial charge in [0.25, 0.3) is 0 Å². The Morgan fingerprint density at radius 3 is 2.03 bits per heavy atom. The highest BCUT2D eigenvalue weighted by molar-refractivity contribution is 6.18. The van der Waals surface area contributed by atoms with Gasteiger partial charge in [0, 0.05) is 6.21 Å². The fourth-order valence-electron chi connectivity index (χ4n) is 2.55. The summed E-state index contributed by atoms with van der Waals surface area (Å²) in [5, 5.41) is 9.51. The van der Waals surface area contributed by atoms with Gasteiger partial charge in [-0.15, -0.1) is 0 Å². The van der Waals surface area contributed by atoms with E-state index in [1.165, 1.54) is 6.92 Å².